The minimum atomic E-state index is -1.01. The van der Waals surface area contributed by atoms with Crippen molar-refractivity contribution < 1.29 is 14.7 Å². The lowest BCUT2D eigenvalue weighted by molar-refractivity contribution is -0.113. The van der Waals surface area contributed by atoms with Gasteiger partial charge in [-0.1, -0.05) is 41.6 Å². The van der Waals surface area contributed by atoms with E-state index in [1.54, 1.807) is 30.0 Å². The first-order valence-corrected chi connectivity index (χ1v) is 12.1. The van der Waals surface area contributed by atoms with Gasteiger partial charge in [-0.15, -0.1) is 28.5 Å². The van der Waals surface area contributed by atoms with Gasteiger partial charge >= 0.3 is 5.97 Å². The number of nitrogens with one attached hydrogen (secondary N) is 1. The van der Waals surface area contributed by atoms with E-state index in [2.05, 4.69) is 22.1 Å². The number of benzene rings is 2. The van der Waals surface area contributed by atoms with Crippen LogP contribution in [0.25, 0.3) is 0 Å². The zero-order valence-corrected chi connectivity index (χ0v) is 19.4. The first-order valence-electron chi connectivity index (χ1n) is 9.57. The maximum atomic E-state index is 12.3. The molecule has 2 N–H and O–H groups in total. The second-order valence-electron chi connectivity index (χ2n) is 6.64. The number of carbonyl (C=O) groups excluding carboxylic acids is 1. The Kier molecular flexibility index (Phi) is 8.78. The molecule has 0 aliphatic rings. The molecule has 3 rings (SSSR count). The monoisotopic (exact) mass is 488 g/mol. The normalized spacial score (nSPS) is 10.7. The van der Waals surface area contributed by atoms with Crippen LogP contribution in [0.2, 0.25) is 5.02 Å². The molecule has 1 heterocycles. The first-order chi connectivity index (χ1) is 15.5. The number of carboxylic acid groups (broad SMARTS) is 1. The van der Waals surface area contributed by atoms with Crippen LogP contribution in [0.1, 0.15) is 21.7 Å². The average molecular weight is 489 g/mol. The Morgan fingerprint density at radius 1 is 1.09 bits per heavy atom. The average Bonchev–Trinajstić information content (AvgIpc) is 3.16. The number of carbonyl (C=O) groups is 2. The summed E-state index contributed by atoms with van der Waals surface area (Å²) < 4.78 is 1.95. The van der Waals surface area contributed by atoms with Crippen molar-refractivity contribution in [1.29, 1.82) is 0 Å². The zero-order valence-electron chi connectivity index (χ0n) is 17.0. The molecule has 0 saturated heterocycles. The molecule has 32 heavy (non-hydrogen) atoms. The van der Waals surface area contributed by atoms with Gasteiger partial charge in [0.1, 0.15) is 5.82 Å². The Bertz CT molecular complexity index is 1090. The van der Waals surface area contributed by atoms with E-state index in [4.69, 9.17) is 16.7 Å². The molecular formula is C22H21ClN4O3S2. The Hall–Kier alpha value is -2.75. The van der Waals surface area contributed by atoms with E-state index < -0.39 is 5.97 Å². The van der Waals surface area contributed by atoms with Gasteiger partial charge in [-0.2, -0.15) is 0 Å². The van der Waals surface area contributed by atoms with Crippen LogP contribution in [0.4, 0.5) is 5.69 Å². The highest BCUT2D eigenvalue weighted by Gasteiger charge is 2.14. The van der Waals surface area contributed by atoms with E-state index in [1.807, 2.05) is 28.8 Å². The Balaban J connectivity index is 1.54. The lowest BCUT2D eigenvalue weighted by Crippen LogP contribution is -2.15. The van der Waals surface area contributed by atoms with Crippen LogP contribution in [0, 0.1) is 0 Å². The van der Waals surface area contributed by atoms with Crippen LogP contribution < -0.4 is 5.32 Å². The molecule has 0 radical (unpaired) electrons. The van der Waals surface area contributed by atoms with Gasteiger partial charge in [0.15, 0.2) is 5.16 Å². The number of allylic oxidation sites excluding steroid dienone is 1. The molecular weight excluding hydrogens is 468 g/mol. The Morgan fingerprint density at radius 2 is 1.81 bits per heavy atom. The van der Waals surface area contributed by atoms with E-state index in [0.717, 1.165) is 11.6 Å². The number of aromatic nitrogens is 3. The Morgan fingerprint density at radius 3 is 2.47 bits per heavy atom. The Labute approximate surface area is 199 Å². The summed E-state index contributed by atoms with van der Waals surface area (Å²) >= 11 is 8.93. The summed E-state index contributed by atoms with van der Waals surface area (Å²) in [6, 6.07) is 13.7. The van der Waals surface area contributed by atoms with Gasteiger partial charge in [0.05, 0.1) is 17.1 Å². The molecule has 0 bridgehead atoms. The lowest BCUT2D eigenvalue weighted by Gasteiger charge is -2.08. The lowest BCUT2D eigenvalue weighted by atomic mass is 10.2. The van der Waals surface area contributed by atoms with Crippen molar-refractivity contribution in [2.45, 2.75) is 23.2 Å². The van der Waals surface area contributed by atoms with Gasteiger partial charge in [0.2, 0.25) is 5.91 Å². The highest BCUT2D eigenvalue weighted by molar-refractivity contribution is 7.99. The summed E-state index contributed by atoms with van der Waals surface area (Å²) in [7, 11) is 0. The van der Waals surface area contributed by atoms with Crippen LogP contribution in [0.15, 0.2) is 66.3 Å². The highest BCUT2D eigenvalue weighted by Crippen LogP contribution is 2.23. The SMILES string of the molecule is C=CCn1c(CSCc2ccc(Cl)cc2)nnc1SCC(=O)Nc1ccc(C(=O)O)cc1. The van der Waals surface area contributed by atoms with Crippen LogP contribution in [-0.2, 0) is 22.8 Å². The zero-order chi connectivity index (χ0) is 22.9. The van der Waals surface area contributed by atoms with Crippen molar-refractivity contribution in [3.8, 4) is 0 Å². The number of hydrogen-bond acceptors (Lipinski definition) is 6. The summed E-state index contributed by atoms with van der Waals surface area (Å²) in [4.78, 5) is 23.2. The van der Waals surface area contributed by atoms with Gasteiger partial charge in [-0.25, -0.2) is 4.79 Å². The van der Waals surface area contributed by atoms with E-state index in [9.17, 15) is 9.59 Å². The van der Waals surface area contributed by atoms with Crippen molar-refractivity contribution in [3.05, 3.63) is 83.2 Å². The van der Waals surface area contributed by atoms with Crippen LogP contribution in [0.5, 0.6) is 0 Å². The van der Waals surface area contributed by atoms with Crippen molar-refractivity contribution in [2.24, 2.45) is 0 Å². The number of anilines is 1. The molecule has 0 aliphatic carbocycles. The minimum absolute atomic E-state index is 0.147. The number of carboxylic acids is 1. The molecule has 0 unspecified atom stereocenters. The standard InChI is InChI=1S/C22H21ClN4O3S2/c1-2-11-27-19(13-31-12-15-3-7-17(23)8-4-15)25-26-22(27)32-14-20(28)24-18-9-5-16(6-10-18)21(29)30/h2-10H,1,11-14H2,(H,24,28)(H,29,30). The first kappa shape index (κ1) is 23.9. The molecule has 3 aromatic rings. The fraction of sp³-hybridized carbons (Fsp3) is 0.182. The molecule has 0 aliphatic heterocycles. The van der Waals surface area contributed by atoms with Crippen molar-refractivity contribution in [1.82, 2.24) is 14.8 Å². The predicted octanol–water partition coefficient (Wildman–Crippen LogP) is 4.98. The number of amides is 1. The number of aromatic carboxylic acids is 1. The fourth-order valence-electron chi connectivity index (χ4n) is 2.71. The predicted molar refractivity (Wildman–Crippen MR) is 129 cm³/mol. The summed E-state index contributed by atoms with van der Waals surface area (Å²) in [6.07, 6.45) is 1.77. The van der Waals surface area contributed by atoms with Crippen molar-refractivity contribution in [3.63, 3.8) is 0 Å². The molecule has 10 heteroatoms. The van der Waals surface area contributed by atoms with Gasteiger partial charge in [-0.05, 0) is 42.0 Å². The van der Waals surface area contributed by atoms with Gasteiger partial charge in [-0.3, -0.25) is 4.79 Å². The quantitative estimate of drug-likeness (QED) is 0.290. The number of nitrogens with zero attached hydrogens (tertiary/aromatic N) is 3. The highest BCUT2D eigenvalue weighted by atomic mass is 35.5. The van der Waals surface area contributed by atoms with Gasteiger partial charge in [0, 0.05) is 23.0 Å². The number of hydrogen-bond donors (Lipinski definition) is 2. The number of thioether (sulfide) groups is 2. The summed E-state index contributed by atoms with van der Waals surface area (Å²) in [5.41, 5.74) is 1.88. The van der Waals surface area contributed by atoms with Crippen LogP contribution in [0.3, 0.4) is 0 Å². The summed E-state index contributed by atoms with van der Waals surface area (Å²) in [5.74, 6) is 1.23. The van der Waals surface area contributed by atoms with Crippen LogP contribution >= 0.6 is 35.1 Å². The third-order valence-electron chi connectivity index (χ3n) is 4.27. The fourth-order valence-corrected chi connectivity index (χ4v) is 4.53. The van der Waals surface area contributed by atoms with E-state index >= 15 is 0 Å². The maximum absolute atomic E-state index is 12.3. The molecule has 0 fully saturated rings. The van der Waals surface area contributed by atoms with E-state index in [-0.39, 0.29) is 17.2 Å². The molecule has 1 aromatic heterocycles. The van der Waals surface area contributed by atoms with Gasteiger partial charge in [0.25, 0.3) is 0 Å². The molecule has 1 amide bonds. The minimum Gasteiger partial charge on any atom is -0.478 e. The summed E-state index contributed by atoms with van der Waals surface area (Å²) in [5, 5.41) is 21.6. The third-order valence-corrected chi connectivity index (χ3v) is 6.48. The van der Waals surface area contributed by atoms with Gasteiger partial charge < -0.3 is 15.0 Å². The molecule has 0 atom stereocenters. The van der Waals surface area contributed by atoms with E-state index in [0.29, 0.717) is 28.2 Å². The van der Waals surface area contributed by atoms with Crippen molar-refractivity contribution >= 4 is 52.7 Å². The molecule has 7 nitrogen and oxygen atoms in total. The molecule has 0 spiro atoms. The van der Waals surface area contributed by atoms with E-state index in [1.165, 1.54) is 29.5 Å². The second kappa shape index (κ2) is 11.8. The van der Waals surface area contributed by atoms with Crippen LogP contribution in [-0.4, -0.2) is 37.5 Å². The molecule has 0 saturated carbocycles. The third kappa shape index (κ3) is 6.88. The largest absolute Gasteiger partial charge is 0.478 e. The maximum Gasteiger partial charge on any atom is 0.335 e. The summed E-state index contributed by atoms with van der Waals surface area (Å²) in [6.45, 7) is 4.34. The second-order valence-corrected chi connectivity index (χ2v) is 9.00. The van der Waals surface area contributed by atoms with Crippen molar-refractivity contribution in [2.75, 3.05) is 11.1 Å². The number of rotatable bonds is 11. The topological polar surface area (TPSA) is 97.1 Å². The molecule has 166 valence electrons. The molecule has 2 aromatic carbocycles. The smallest absolute Gasteiger partial charge is 0.335 e. The number of halogens is 1.